The number of benzene rings is 1. The van der Waals surface area contributed by atoms with Crippen LogP contribution in [0.3, 0.4) is 0 Å². The molecule has 0 aliphatic carbocycles. The molecule has 3 N–H and O–H groups in total. The molecule has 5 nitrogen and oxygen atoms in total. The van der Waals surface area contributed by atoms with Gasteiger partial charge in [0.1, 0.15) is 5.69 Å². The number of hydrogen-bond acceptors (Lipinski definition) is 3. The van der Waals surface area contributed by atoms with Crippen molar-refractivity contribution in [3.63, 3.8) is 0 Å². The normalized spacial score (nSPS) is 10.4. The average molecular weight is 341 g/mol. The van der Waals surface area contributed by atoms with Crippen LogP contribution < -0.4 is 10.6 Å². The quantitative estimate of drug-likeness (QED) is 0.636. The Morgan fingerprint density at radius 1 is 1.12 bits per heavy atom. The van der Waals surface area contributed by atoms with Crippen LogP contribution in [0.4, 0.5) is 11.4 Å². The number of aromatic amines is 1. The lowest BCUT2D eigenvalue weighted by Crippen LogP contribution is -2.14. The molecule has 6 heteroatoms. The average Bonchev–Trinajstić information content (AvgIpc) is 3.04. The molecule has 0 bridgehead atoms. The van der Waals surface area contributed by atoms with Gasteiger partial charge in [0.15, 0.2) is 0 Å². The maximum absolute atomic E-state index is 12.2. The predicted molar refractivity (Wildman–Crippen MR) is 96.6 cm³/mol. The third kappa shape index (κ3) is 4.14. The van der Waals surface area contributed by atoms with Crippen LogP contribution >= 0.6 is 11.6 Å². The molecule has 2 heterocycles. The van der Waals surface area contributed by atoms with E-state index in [4.69, 9.17) is 11.6 Å². The minimum absolute atomic E-state index is 0.235. The summed E-state index contributed by atoms with van der Waals surface area (Å²) in [4.78, 5) is 19.4. The largest absolute Gasteiger partial charge is 0.383 e. The third-order valence-electron chi connectivity index (χ3n) is 3.49. The Bertz CT molecular complexity index is 817. The van der Waals surface area contributed by atoms with Crippen molar-refractivity contribution in [1.82, 2.24) is 9.97 Å². The van der Waals surface area contributed by atoms with Crippen LogP contribution in [0.2, 0.25) is 5.02 Å². The van der Waals surface area contributed by atoms with Crippen molar-refractivity contribution in [2.24, 2.45) is 0 Å². The topological polar surface area (TPSA) is 69.8 Å². The van der Waals surface area contributed by atoms with E-state index in [1.165, 1.54) is 0 Å². The molecular weight excluding hydrogens is 324 g/mol. The van der Waals surface area contributed by atoms with Crippen LogP contribution in [0, 0.1) is 0 Å². The molecule has 3 aromatic rings. The maximum Gasteiger partial charge on any atom is 0.272 e. The van der Waals surface area contributed by atoms with Crippen molar-refractivity contribution in [3.05, 3.63) is 77.3 Å². The zero-order chi connectivity index (χ0) is 16.8. The fourth-order valence-corrected chi connectivity index (χ4v) is 2.47. The number of carbonyl (C=O) groups is 1. The summed E-state index contributed by atoms with van der Waals surface area (Å²) in [6.07, 6.45) is 4.16. The van der Waals surface area contributed by atoms with Crippen molar-refractivity contribution in [3.8, 4) is 0 Å². The molecule has 0 saturated heterocycles. The Labute approximate surface area is 145 Å². The van der Waals surface area contributed by atoms with E-state index in [0.29, 0.717) is 16.4 Å². The van der Waals surface area contributed by atoms with Gasteiger partial charge in [-0.2, -0.15) is 0 Å². The molecule has 3 rings (SSSR count). The van der Waals surface area contributed by atoms with E-state index in [0.717, 1.165) is 24.3 Å². The molecule has 0 radical (unpaired) electrons. The number of rotatable bonds is 6. The molecule has 0 spiro atoms. The number of H-pyrrole nitrogens is 1. The van der Waals surface area contributed by atoms with E-state index < -0.39 is 0 Å². The number of halogens is 1. The van der Waals surface area contributed by atoms with Gasteiger partial charge in [-0.1, -0.05) is 29.8 Å². The summed E-state index contributed by atoms with van der Waals surface area (Å²) in [5, 5.41) is 6.72. The van der Waals surface area contributed by atoms with E-state index in [1.54, 1.807) is 18.5 Å². The van der Waals surface area contributed by atoms with Crippen LogP contribution in [0.25, 0.3) is 0 Å². The van der Waals surface area contributed by atoms with Gasteiger partial charge in [0.2, 0.25) is 0 Å². The molecule has 0 unspecified atom stereocenters. The van der Waals surface area contributed by atoms with Crippen molar-refractivity contribution in [2.75, 3.05) is 17.2 Å². The highest BCUT2D eigenvalue weighted by Gasteiger charge is 2.10. The lowest BCUT2D eigenvalue weighted by Gasteiger charge is -2.12. The lowest BCUT2D eigenvalue weighted by atomic mass is 10.2. The number of anilines is 2. The van der Waals surface area contributed by atoms with Gasteiger partial charge in [-0.25, -0.2) is 0 Å². The molecule has 0 atom stereocenters. The van der Waals surface area contributed by atoms with E-state index in [9.17, 15) is 4.79 Å². The second-order valence-electron chi connectivity index (χ2n) is 5.23. The molecular formula is C18H17ClN4O. The zero-order valence-corrected chi connectivity index (χ0v) is 13.7. The third-order valence-corrected chi connectivity index (χ3v) is 3.71. The highest BCUT2D eigenvalue weighted by atomic mass is 35.5. The summed E-state index contributed by atoms with van der Waals surface area (Å²) in [5.74, 6) is -0.235. The number of amides is 1. The first-order valence-electron chi connectivity index (χ1n) is 7.60. The Morgan fingerprint density at radius 3 is 2.62 bits per heavy atom. The fourth-order valence-electron chi connectivity index (χ4n) is 2.31. The van der Waals surface area contributed by atoms with Crippen molar-refractivity contribution >= 4 is 28.9 Å². The van der Waals surface area contributed by atoms with Gasteiger partial charge < -0.3 is 15.6 Å². The molecule has 0 saturated carbocycles. The number of aromatic nitrogens is 2. The van der Waals surface area contributed by atoms with Gasteiger partial charge >= 0.3 is 0 Å². The molecule has 0 fully saturated rings. The first kappa shape index (κ1) is 16.1. The zero-order valence-electron chi connectivity index (χ0n) is 12.9. The minimum Gasteiger partial charge on any atom is -0.383 e. The first-order valence-corrected chi connectivity index (χ1v) is 7.98. The van der Waals surface area contributed by atoms with Crippen LogP contribution in [0.1, 0.15) is 16.2 Å². The summed E-state index contributed by atoms with van der Waals surface area (Å²) in [5.41, 5.74) is 3.02. The Morgan fingerprint density at radius 2 is 1.92 bits per heavy atom. The minimum atomic E-state index is -0.235. The molecule has 1 aromatic carbocycles. The maximum atomic E-state index is 12.2. The Kier molecular flexibility index (Phi) is 5.13. The molecule has 2 aromatic heterocycles. The van der Waals surface area contributed by atoms with E-state index in [1.807, 2.05) is 42.5 Å². The van der Waals surface area contributed by atoms with Crippen LogP contribution in [0.5, 0.6) is 0 Å². The van der Waals surface area contributed by atoms with Gasteiger partial charge in [0.05, 0.1) is 16.4 Å². The molecule has 0 aliphatic heterocycles. The van der Waals surface area contributed by atoms with Gasteiger partial charge in [-0.3, -0.25) is 9.78 Å². The van der Waals surface area contributed by atoms with Crippen molar-refractivity contribution in [1.29, 1.82) is 0 Å². The van der Waals surface area contributed by atoms with E-state index in [-0.39, 0.29) is 5.91 Å². The van der Waals surface area contributed by atoms with Gasteiger partial charge in [0, 0.05) is 31.1 Å². The van der Waals surface area contributed by atoms with Crippen molar-refractivity contribution in [2.45, 2.75) is 6.42 Å². The van der Waals surface area contributed by atoms with Crippen LogP contribution in [0.15, 0.2) is 60.9 Å². The highest BCUT2D eigenvalue weighted by molar-refractivity contribution is 6.31. The molecule has 0 aliphatic rings. The number of pyridine rings is 1. The SMILES string of the molecule is O=C(Nc1ccccc1NCCc1ccccn1)c1cc(Cl)c[nH]1. The monoisotopic (exact) mass is 340 g/mol. The van der Waals surface area contributed by atoms with Crippen LogP contribution in [-0.2, 0) is 6.42 Å². The summed E-state index contributed by atoms with van der Waals surface area (Å²) in [6, 6.07) is 15.0. The number of hydrogen-bond donors (Lipinski definition) is 3. The first-order chi connectivity index (χ1) is 11.7. The highest BCUT2D eigenvalue weighted by Crippen LogP contribution is 2.22. The molecule has 122 valence electrons. The van der Waals surface area contributed by atoms with E-state index in [2.05, 4.69) is 20.6 Å². The standard InChI is InChI=1S/C18H17ClN4O/c19-13-11-17(22-12-13)18(24)23-16-7-2-1-6-15(16)21-10-8-14-5-3-4-9-20-14/h1-7,9,11-12,21-22H,8,10H2,(H,23,24). The smallest absolute Gasteiger partial charge is 0.272 e. The number of carbonyl (C=O) groups excluding carboxylic acids is 1. The molecule has 1 amide bonds. The Hall–Kier alpha value is -2.79. The van der Waals surface area contributed by atoms with Gasteiger partial charge in [-0.05, 0) is 30.3 Å². The summed E-state index contributed by atoms with van der Waals surface area (Å²) in [7, 11) is 0. The summed E-state index contributed by atoms with van der Waals surface area (Å²) >= 11 is 5.84. The number of para-hydroxylation sites is 2. The fraction of sp³-hybridized carbons (Fsp3) is 0.111. The summed E-state index contributed by atoms with van der Waals surface area (Å²) < 4.78 is 0. The van der Waals surface area contributed by atoms with Crippen molar-refractivity contribution < 1.29 is 4.79 Å². The summed E-state index contributed by atoms with van der Waals surface area (Å²) in [6.45, 7) is 0.720. The van der Waals surface area contributed by atoms with Gasteiger partial charge in [0.25, 0.3) is 5.91 Å². The number of nitrogens with one attached hydrogen (secondary N) is 3. The lowest BCUT2D eigenvalue weighted by molar-refractivity contribution is 0.102. The van der Waals surface area contributed by atoms with E-state index >= 15 is 0 Å². The second-order valence-corrected chi connectivity index (χ2v) is 5.67. The molecule has 24 heavy (non-hydrogen) atoms. The Balaban J connectivity index is 1.63. The van der Waals surface area contributed by atoms with Crippen LogP contribution in [-0.4, -0.2) is 22.4 Å². The van der Waals surface area contributed by atoms with Gasteiger partial charge in [-0.15, -0.1) is 0 Å². The predicted octanol–water partition coefficient (Wildman–Crippen LogP) is 3.97. The second kappa shape index (κ2) is 7.66. The number of nitrogens with zero attached hydrogens (tertiary/aromatic N) is 1.